The zero-order chi connectivity index (χ0) is 32.4. The standard InChI is InChI=1S/C39H73NO4/c1-3-5-7-9-11-13-15-17-18-19-20-22-23-25-27-29-31-33-37(42)39(44)36(35-41)40-38(43)34-32-30-28-26-24-21-16-14-12-10-8-6-4-2/h21,24-25,27-28,30,36-37,39,41-42,44H,3-20,22-23,26,29,31-35H2,1-2H3,(H,40,43)/b24-21-,27-25+,30-28-. The van der Waals surface area contributed by atoms with E-state index in [1.54, 1.807) is 0 Å². The van der Waals surface area contributed by atoms with E-state index in [0.29, 0.717) is 19.3 Å². The van der Waals surface area contributed by atoms with Crippen molar-refractivity contribution in [1.82, 2.24) is 5.32 Å². The zero-order valence-electron chi connectivity index (χ0n) is 29.0. The van der Waals surface area contributed by atoms with Crippen molar-refractivity contribution in [3.8, 4) is 0 Å². The van der Waals surface area contributed by atoms with Gasteiger partial charge in [-0.2, -0.15) is 0 Å². The largest absolute Gasteiger partial charge is 0.394 e. The molecule has 5 nitrogen and oxygen atoms in total. The molecule has 0 radical (unpaired) electrons. The Morgan fingerprint density at radius 3 is 1.45 bits per heavy atom. The molecule has 0 aromatic heterocycles. The number of hydrogen-bond donors (Lipinski definition) is 4. The molecule has 1 amide bonds. The number of aliphatic hydroxyl groups excluding tert-OH is 3. The molecule has 44 heavy (non-hydrogen) atoms. The summed E-state index contributed by atoms with van der Waals surface area (Å²) >= 11 is 0. The summed E-state index contributed by atoms with van der Waals surface area (Å²) in [6, 6.07) is -0.854. The second-order valence-electron chi connectivity index (χ2n) is 12.8. The molecule has 0 aliphatic heterocycles. The Kier molecular flexibility index (Phi) is 33.3. The van der Waals surface area contributed by atoms with Crippen molar-refractivity contribution in [2.24, 2.45) is 0 Å². The molecular weight excluding hydrogens is 546 g/mol. The van der Waals surface area contributed by atoms with E-state index in [9.17, 15) is 20.1 Å². The third-order valence-electron chi connectivity index (χ3n) is 8.48. The summed E-state index contributed by atoms with van der Waals surface area (Å²) in [7, 11) is 0. The quantitative estimate of drug-likeness (QED) is 0.0435. The van der Waals surface area contributed by atoms with Gasteiger partial charge in [-0.15, -0.1) is 0 Å². The molecule has 3 atom stereocenters. The van der Waals surface area contributed by atoms with Crippen LogP contribution in [0.4, 0.5) is 0 Å². The minimum Gasteiger partial charge on any atom is -0.394 e. The number of rotatable bonds is 33. The van der Waals surface area contributed by atoms with Crippen LogP contribution in [0.25, 0.3) is 0 Å². The van der Waals surface area contributed by atoms with Crippen molar-refractivity contribution in [2.75, 3.05) is 6.61 Å². The fraction of sp³-hybridized carbons (Fsp3) is 0.821. The predicted octanol–water partition coefficient (Wildman–Crippen LogP) is 10.0. The Hall–Kier alpha value is -1.43. The van der Waals surface area contributed by atoms with Gasteiger partial charge in [-0.25, -0.2) is 0 Å². The number of allylic oxidation sites excluding steroid dienone is 6. The van der Waals surface area contributed by atoms with Crippen LogP contribution in [0, 0.1) is 0 Å². The number of amides is 1. The van der Waals surface area contributed by atoms with Crippen LogP contribution < -0.4 is 5.32 Å². The summed E-state index contributed by atoms with van der Waals surface area (Å²) in [5.41, 5.74) is 0. The highest BCUT2D eigenvalue weighted by atomic mass is 16.3. The van der Waals surface area contributed by atoms with E-state index in [2.05, 4.69) is 49.5 Å². The predicted molar refractivity (Wildman–Crippen MR) is 190 cm³/mol. The lowest BCUT2D eigenvalue weighted by Gasteiger charge is -2.26. The van der Waals surface area contributed by atoms with Crippen molar-refractivity contribution in [3.05, 3.63) is 36.5 Å². The van der Waals surface area contributed by atoms with Crippen molar-refractivity contribution in [2.45, 2.75) is 199 Å². The summed E-state index contributed by atoms with van der Waals surface area (Å²) < 4.78 is 0. The van der Waals surface area contributed by atoms with Gasteiger partial charge in [0.2, 0.25) is 5.91 Å². The molecule has 4 N–H and O–H groups in total. The van der Waals surface area contributed by atoms with Gasteiger partial charge in [0.15, 0.2) is 0 Å². The lowest BCUT2D eigenvalue weighted by Crippen LogP contribution is -2.50. The number of carbonyl (C=O) groups excluding carboxylic acids is 1. The first-order chi connectivity index (χ1) is 21.6. The summed E-state index contributed by atoms with van der Waals surface area (Å²) in [5.74, 6) is -0.223. The van der Waals surface area contributed by atoms with E-state index in [4.69, 9.17) is 0 Å². The number of nitrogens with one attached hydrogen (secondary N) is 1. The molecule has 3 unspecified atom stereocenters. The van der Waals surface area contributed by atoms with Gasteiger partial charge in [0.1, 0.15) is 6.10 Å². The first-order valence-corrected chi connectivity index (χ1v) is 18.8. The van der Waals surface area contributed by atoms with Gasteiger partial charge < -0.3 is 20.6 Å². The SMILES string of the molecule is CCCCCCCC/C=C\C/C=C\CCC(=O)NC(CO)C(O)C(O)CCC/C=C/CCCCCCCCCCCCCC. The fourth-order valence-electron chi connectivity index (χ4n) is 5.50. The van der Waals surface area contributed by atoms with E-state index in [-0.39, 0.29) is 5.91 Å². The Bertz CT molecular complexity index is 690. The van der Waals surface area contributed by atoms with Crippen LogP contribution in [0.2, 0.25) is 0 Å². The first kappa shape index (κ1) is 42.6. The second kappa shape index (κ2) is 34.4. The molecule has 0 fully saturated rings. The summed E-state index contributed by atoms with van der Waals surface area (Å²) in [5, 5.41) is 33.3. The normalized spacial score (nSPS) is 14.2. The van der Waals surface area contributed by atoms with Crippen molar-refractivity contribution in [3.63, 3.8) is 0 Å². The van der Waals surface area contributed by atoms with E-state index in [1.165, 1.54) is 116 Å². The maximum Gasteiger partial charge on any atom is 0.220 e. The average molecular weight is 620 g/mol. The van der Waals surface area contributed by atoms with Crippen LogP contribution in [0.1, 0.15) is 181 Å². The monoisotopic (exact) mass is 620 g/mol. The number of carbonyl (C=O) groups is 1. The first-order valence-electron chi connectivity index (χ1n) is 18.8. The molecule has 0 saturated heterocycles. The lowest BCUT2D eigenvalue weighted by molar-refractivity contribution is -0.124. The molecule has 5 heteroatoms. The van der Waals surface area contributed by atoms with Crippen molar-refractivity contribution < 1.29 is 20.1 Å². The molecule has 0 bridgehead atoms. The highest BCUT2D eigenvalue weighted by Crippen LogP contribution is 2.14. The van der Waals surface area contributed by atoms with Gasteiger partial charge in [-0.1, -0.05) is 153 Å². The molecule has 0 rings (SSSR count). The van der Waals surface area contributed by atoms with Crippen LogP contribution in [0.15, 0.2) is 36.5 Å². The Morgan fingerprint density at radius 2 is 0.977 bits per heavy atom. The van der Waals surface area contributed by atoms with Crippen molar-refractivity contribution >= 4 is 5.91 Å². The molecule has 0 aliphatic carbocycles. The van der Waals surface area contributed by atoms with E-state index in [1.807, 2.05) is 6.08 Å². The highest BCUT2D eigenvalue weighted by Gasteiger charge is 2.26. The maximum atomic E-state index is 12.3. The third-order valence-corrected chi connectivity index (χ3v) is 8.48. The smallest absolute Gasteiger partial charge is 0.220 e. The van der Waals surface area contributed by atoms with Gasteiger partial charge in [0, 0.05) is 6.42 Å². The van der Waals surface area contributed by atoms with Crippen LogP contribution in [0.3, 0.4) is 0 Å². The lowest BCUT2D eigenvalue weighted by atomic mass is 10.0. The molecule has 0 saturated carbocycles. The Balaban J connectivity index is 3.80. The van der Waals surface area contributed by atoms with Crippen LogP contribution >= 0.6 is 0 Å². The zero-order valence-corrected chi connectivity index (χ0v) is 29.0. The average Bonchev–Trinajstić information content (AvgIpc) is 3.03. The van der Waals surface area contributed by atoms with Crippen LogP contribution in [0.5, 0.6) is 0 Å². The topological polar surface area (TPSA) is 89.8 Å². The molecule has 0 heterocycles. The highest BCUT2D eigenvalue weighted by molar-refractivity contribution is 5.76. The number of unbranched alkanes of at least 4 members (excludes halogenated alkanes) is 19. The summed E-state index contributed by atoms with van der Waals surface area (Å²) in [6.07, 6.45) is 41.1. The van der Waals surface area contributed by atoms with Gasteiger partial charge in [-0.05, 0) is 57.8 Å². The van der Waals surface area contributed by atoms with E-state index in [0.717, 1.165) is 32.1 Å². The molecule has 0 aromatic rings. The van der Waals surface area contributed by atoms with E-state index < -0.39 is 24.9 Å². The number of hydrogen-bond acceptors (Lipinski definition) is 4. The van der Waals surface area contributed by atoms with Gasteiger partial charge in [-0.3, -0.25) is 4.79 Å². The Morgan fingerprint density at radius 1 is 0.568 bits per heavy atom. The van der Waals surface area contributed by atoms with Crippen LogP contribution in [-0.4, -0.2) is 46.1 Å². The minimum atomic E-state index is -1.18. The van der Waals surface area contributed by atoms with Gasteiger partial charge >= 0.3 is 0 Å². The maximum absolute atomic E-state index is 12.3. The van der Waals surface area contributed by atoms with E-state index >= 15 is 0 Å². The fourth-order valence-corrected chi connectivity index (χ4v) is 5.50. The number of aliphatic hydroxyl groups is 3. The molecule has 258 valence electrons. The Labute approximate surface area is 273 Å². The summed E-state index contributed by atoms with van der Waals surface area (Å²) in [4.78, 5) is 12.3. The van der Waals surface area contributed by atoms with Crippen molar-refractivity contribution in [1.29, 1.82) is 0 Å². The molecule has 0 aromatic carbocycles. The van der Waals surface area contributed by atoms with Crippen LogP contribution in [-0.2, 0) is 4.79 Å². The minimum absolute atomic E-state index is 0.223. The van der Waals surface area contributed by atoms with Gasteiger partial charge in [0.25, 0.3) is 0 Å². The molecule has 0 aliphatic rings. The molecular formula is C39H73NO4. The molecule has 0 spiro atoms. The second-order valence-corrected chi connectivity index (χ2v) is 12.8. The third kappa shape index (κ3) is 29.3. The van der Waals surface area contributed by atoms with Gasteiger partial charge in [0.05, 0.1) is 18.8 Å². The summed E-state index contributed by atoms with van der Waals surface area (Å²) in [6.45, 7) is 4.11.